The van der Waals surface area contributed by atoms with Crippen molar-refractivity contribution >= 4 is 40.5 Å². The maximum Gasteiger partial charge on any atom is 0.229 e. The Kier molecular flexibility index (Phi) is 6.34. The first-order chi connectivity index (χ1) is 15.0. The number of hydrogen-bond donors (Lipinski definition) is 1. The average Bonchev–Trinajstić information content (AvgIpc) is 3.16. The van der Waals surface area contributed by atoms with Crippen LogP contribution in [0.1, 0.15) is 12.0 Å². The molecule has 0 aromatic heterocycles. The van der Waals surface area contributed by atoms with Gasteiger partial charge in [0.15, 0.2) is 0 Å². The third kappa shape index (κ3) is 4.62. The van der Waals surface area contributed by atoms with Gasteiger partial charge in [-0.25, -0.2) is 0 Å². The third-order valence-electron chi connectivity index (χ3n) is 5.69. The zero-order valence-electron chi connectivity index (χ0n) is 17.7. The highest BCUT2D eigenvalue weighted by Crippen LogP contribution is 2.35. The molecular weight excluding hydrogens is 418 g/mol. The molecule has 2 saturated heterocycles. The molecule has 7 nitrogen and oxygen atoms in total. The summed E-state index contributed by atoms with van der Waals surface area (Å²) < 4.78 is 10.9. The van der Waals surface area contributed by atoms with E-state index in [1.807, 2.05) is 37.3 Å². The Morgan fingerprint density at radius 1 is 1.16 bits per heavy atom. The quantitative estimate of drug-likeness (QED) is 0.766. The van der Waals surface area contributed by atoms with Gasteiger partial charge in [0.2, 0.25) is 11.8 Å². The Morgan fingerprint density at radius 3 is 2.68 bits per heavy atom. The number of carbonyl (C=O) groups excluding carboxylic acids is 2. The zero-order chi connectivity index (χ0) is 22.0. The number of amides is 2. The fraction of sp³-hybridized carbons (Fsp3) is 0.391. The first-order valence-electron chi connectivity index (χ1n) is 10.3. The van der Waals surface area contributed by atoms with Crippen molar-refractivity contribution in [2.24, 2.45) is 5.92 Å². The van der Waals surface area contributed by atoms with Crippen LogP contribution < -0.4 is 19.9 Å². The van der Waals surface area contributed by atoms with Gasteiger partial charge in [-0.3, -0.25) is 9.59 Å². The summed E-state index contributed by atoms with van der Waals surface area (Å²) in [4.78, 5) is 29.6. The highest BCUT2D eigenvalue weighted by Gasteiger charge is 2.36. The monoisotopic (exact) mass is 443 g/mol. The molecular formula is C23H26ClN3O4. The molecule has 0 bridgehead atoms. The number of halogens is 1. The van der Waals surface area contributed by atoms with E-state index >= 15 is 0 Å². The number of methoxy groups -OCH3 is 1. The zero-order valence-corrected chi connectivity index (χ0v) is 18.4. The largest absolute Gasteiger partial charge is 0.495 e. The number of ether oxygens (including phenoxy) is 2. The van der Waals surface area contributed by atoms with Crippen molar-refractivity contribution in [3.05, 3.63) is 47.0 Å². The molecule has 2 aromatic carbocycles. The summed E-state index contributed by atoms with van der Waals surface area (Å²) in [6.45, 7) is 5.03. The number of carbonyl (C=O) groups is 2. The van der Waals surface area contributed by atoms with Crippen molar-refractivity contribution in [1.82, 2.24) is 0 Å². The number of rotatable bonds is 5. The van der Waals surface area contributed by atoms with Crippen LogP contribution in [0.15, 0.2) is 36.4 Å². The Morgan fingerprint density at radius 2 is 1.94 bits per heavy atom. The van der Waals surface area contributed by atoms with Crippen LogP contribution in [-0.2, 0) is 14.3 Å². The molecule has 2 fully saturated rings. The summed E-state index contributed by atoms with van der Waals surface area (Å²) in [7, 11) is 1.57. The SMILES string of the molecule is COc1ccc(C)cc1N1C[C@H](C(=O)Nc2cc(Cl)ccc2N2CCOCC2)CC1=O. The lowest BCUT2D eigenvalue weighted by Crippen LogP contribution is -2.37. The van der Waals surface area contributed by atoms with Crippen molar-refractivity contribution in [3.8, 4) is 5.75 Å². The number of aryl methyl sites for hydroxylation is 1. The van der Waals surface area contributed by atoms with E-state index in [1.165, 1.54) is 0 Å². The summed E-state index contributed by atoms with van der Waals surface area (Å²) >= 11 is 6.20. The molecule has 0 aliphatic carbocycles. The van der Waals surface area contributed by atoms with Gasteiger partial charge in [0.25, 0.3) is 0 Å². The molecule has 2 aliphatic heterocycles. The highest BCUT2D eigenvalue weighted by atomic mass is 35.5. The van der Waals surface area contributed by atoms with Crippen LogP contribution in [0.2, 0.25) is 5.02 Å². The second-order valence-corrected chi connectivity index (χ2v) is 8.27. The first-order valence-corrected chi connectivity index (χ1v) is 10.7. The second-order valence-electron chi connectivity index (χ2n) is 7.83. The van der Waals surface area contributed by atoms with Crippen molar-refractivity contribution in [3.63, 3.8) is 0 Å². The van der Waals surface area contributed by atoms with Gasteiger partial charge in [-0.05, 0) is 42.8 Å². The number of morpholine rings is 1. The normalized spacial score (nSPS) is 18.9. The predicted molar refractivity (Wildman–Crippen MR) is 121 cm³/mol. The molecule has 4 rings (SSSR count). The Balaban J connectivity index is 1.52. The summed E-state index contributed by atoms with van der Waals surface area (Å²) in [5.41, 5.74) is 3.27. The highest BCUT2D eigenvalue weighted by molar-refractivity contribution is 6.31. The fourth-order valence-corrected chi connectivity index (χ4v) is 4.22. The molecule has 0 unspecified atom stereocenters. The van der Waals surface area contributed by atoms with Crippen LogP contribution >= 0.6 is 11.6 Å². The van der Waals surface area contributed by atoms with Gasteiger partial charge >= 0.3 is 0 Å². The van der Waals surface area contributed by atoms with Crippen LogP contribution in [0.3, 0.4) is 0 Å². The molecule has 1 N–H and O–H groups in total. The Labute approximate surface area is 186 Å². The van der Waals surface area contributed by atoms with E-state index in [0.717, 1.165) is 24.3 Å². The van der Waals surface area contributed by atoms with Crippen molar-refractivity contribution in [1.29, 1.82) is 0 Å². The molecule has 0 spiro atoms. The van der Waals surface area contributed by atoms with Crippen LogP contribution in [-0.4, -0.2) is 51.8 Å². The van der Waals surface area contributed by atoms with Crippen molar-refractivity contribution in [2.75, 3.05) is 55.1 Å². The number of hydrogen-bond acceptors (Lipinski definition) is 5. The summed E-state index contributed by atoms with van der Waals surface area (Å²) in [5.74, 6) is -0.138. The van der Waals surface area contributed by atoms with Crippen LogP contribution in [0, 0.1) is 12.8 Å². The summed E-state index contributed by atoms with van der Waals surface area (Å²) in [6.07, 6.45) is 0.149. The van der Waals surface area contributed by atoms with Crippen molar-refractivity contribution < 1.29 is 19.1 Å². The molecule has 1 atom stereocenters. The molecule has 2 aliphatic rings. The minimum absolute atomic E-state index is 0.0939. The van der Waals surface area contributed by atoms with E-state index in [2.05, 4.69) is 10.2 Å². The van der Waals surface area contributed by atoms with Gasteiger partial charge in [-0.15, -0.1) is 0 Å². The lowest BCUT2D eigenvalue weighted by molar-refractivity contribution is -0.122. The third-order valence-corrected chi connectivity index (χ3v) is 5.92. The smallest absolute Gasteiger partial charge is 0.229 e. The summed E-state index contributed by atoms with van der Waals surface area (Å²) in [5, 5.41) is 3.55. The number of benzene rings is 2. The van der Waals surface area contributed by atoms with Crippen LogP contribution in [0.5, 0.6) is 5.75 Å². The fourth-order valence-electron chi connectivity index (χ4n) is 4.05. The molecule has 2 aromatic rings. The lowest BCUT2D eigenvalue weighted by Gasteiger charge is -2.30. The molecule has 8 heteroatoms. The van der Waals surface area contributed by atoms with Gasteiger partial charge in [-0.2, -0.15) is 0 Å². The number of anilines is 3. The standard InChI is InChI=1S/C23H26ClN3O4/c1-15-3-6-21(30-2)20(11-15)27-14-16(12-22(27)28)23(29)25-18-13-17(24)4-5-19(18)26-7-9-31-10-8-26/h3-6,11,13,16H,7-10,12,14H2,1-2H3,(H,25,29)/t16-/m1/s1. The van der Waals surface area contributed by atoms with Crippen LogP contribution in [0.4, 0.5) is 17.1 Å². The van der Waals surface area contributed by atoms with Gasteiger partial charge in [-0.1, -0.05) is 17.7 Å². The van der Waals surface area contributed by atoms with Gasteiger partial charge in [0.05, 0.1) is 43.3 Å². The van der Waals surface area contributed by atoms with Crippen LogP contribution in [0.25, 0.3) is 0 Å². The molecule has 31 heavy (non-hydrogen) atoms. The van der Waals surface area contributed by atoms with Gasteiger partial charge in [0.1, 0.15) is 5.75 Å². The molecule has 164 valence electrons. The number of nitrogens with one attached hydrogen (secondary N) is 1. The lowest BCUT2D eigenvalue weighted by atomic mass is 10.1. The Bertz CT molecular complexity index is 991. The van der Waals surface area contributed by atoms with Crippen molar-refractivity contribution in [2.45, 2.75) is 13.3 Å². The van der Waals surface area contributed by atoms with E-state index in [-0.39, 0.29) is 18.2 Å². The second kappa shape index (κ2) is 9.16. The first kappa shape index (κ1) is 21.5. The minimum atomic E-state index is -0.464. The molecule has 0 saturated carbocycles. The molecule has 2 heterocycles. The predicted octanol–water partition coefficient (Wildman–Crippen LogP) is 3.49. The van der Waals surface area contributed by atoms with Gasteiger partial charge < -0.3 is 24.6 Å². The number of nitrogens with zero attached hydrogens (tertiary/aromatic N) is 2. The molecule has 0 radical (unpaired) electrons. The topological polar surface area (TPSA) is 71.1 Å². The van der Waals surface area contributed by atoms with E-state index in [4.69, 9.17) is 21.1 Å². The maximum atomic E-state index is 13.1. The van der Waals surface area contributed by atoms with E-state index in [1.54, 1.807) is 18.1 Å². The Hall–Kier alpha value is -2.77. The van der Waals surface area contributed by atoms with E-state index in [0.29, 0.717) is 41.9 Å². The average molecular weight is 444 g/mol. The minimum Gasteiger partial charge on any atom is -0.495 e. The maximum absolute atomic E-state index is 13.1. The van der Waals surface area contributed by atoms with E-state index in [9.17, 15) is 9.59 Å². The summed E-state index contributed by atoms with van der Waals surface area (Å²) in [6, 6.07) is 11.2. The van der Waals surface area contributed by atoms with Gasteiger partial charge in [0, 0.05) is 31.1 Å². The molecule has 2 amide bonds. The van der Waals surface area contributed by atoms with E-state index < -0.39 is 5.92 Å².